The second-order valence-corrected chi connectivity index (χ2v) is 5.58. The van der Waals surface area contributed by atoms with E-state index in [0.29, 0.717) is 12.1 Å². The second kappa shape index (κ2) is 4.78. The number of aryl methyl sites for hydroxylation is 1. The highest BCUT2D eigenvalue weighted by Crippen LogP contribution is 2.38. The van der Waals surface area contributed by atoms with Crippen LogP contribution in [0.5, 0.6) is 0 Å². The van der Waals surface area contributed by atoms with Gasteiger partial charge in [-0.1, -0.05) is 13.0 Å². The fourth-order valence-electron chi connectivity index (χ4n) is 1.27. The van der Waals surface area contributed by atoms with Gasteiger partial charge in [-0.3, -0.25) is 4.79 Å². The van der Waals surface area contributed by atoms with Crippen molar-refractivity contribution in [1.29, 1.82) is 0 Å². The number of carboxylic acid groups (broad SMARTS) is 1. The van der Waals surface area contributed by atoms with Crippen molar-refractivity contribution in [2.24, 2.45) is 0 Å². The average Bonchev–Trinajstić information content (AvgIpc) is 2.22. The Morgan fingerprint density at radius 3 is 2.62 bits per heavy atom. The van der Waals surface area contributed by atoms with Crippen molar-refractivity contribution in [3.63, 3.8) is 0 Å². The molecule has 0 saturated heterocycles. The van der Waals surface area contributed by atoms with Gasteiger partial charge in [-0.05, 0) is 38.0 Å². The van der Waals surface area contributed by atoms with Gasteiger partial charge >= 0.3 is 5.97 Å². The molecule has 0 saturated carbocycles. The minimum absolute atomic E-state index is 0.556. The summed E-state index contributed by atoms with van der Waals surface area (Å²) in [6.45, 7) is 5.55. The van der Waals surface area contributed by atoms with Crippen molar-refractivity contribution >= 4 is 23.4 Å². The minimum atomic E-state index is -0.816. The zero-order chi connectivity index (χ0) is 12.3. The predicted octanol–water partition coefficient (Wildman–Crippen LogP) is 2.92. The van der Waals surface area contributed by atoms with Crippen LogP contribution in [0.1, 0.15) is 25.8 Å². The van der Waals surface area contributed by atoms with Crippen LogP contribution in [0.4, 0.5) is 5.69 Å². The van der Waals surface area contributed by atoms with Gasteiger partial charge in [0.1, 0.15) is 4.75 Å². The molecule has 0 bridgehead atoms. The van der Waals surface area contributed by atoms with Crippen LogP contribution in [0.25, 0.3) is 0 Å². The van der Waals surface area contributed by atoms with Crippen LogP contribution in [0, 0.1) is 6.92 Å². The lowest BCUT2D eigenvalue weighted by atomic mass is 10.1. The summed E-state index contributed by atoms with van der Waals surface area (Å²) in [6, 6.07) is 5.68. The summed E-state index contributed by atoms with van der Waals surface area (Å²) in [5.41, 5.74) is 7.59. The second-order valence-electron chi connectivity index (χ2n) is 4.03. The van der Waals surface area contributed by atoms with E-state index in [0.717, 1.165) is 10.5 Å². The Hall–Kier alpha value is -1.16. The smallest absolute Gasteiger partial charge is 0.319 e. The molecule has 0 amide bonds. The van der Waals surface area contributed by atoms with Gasteiger partial charge in [0.25, 0.3) is 0 Å². The van der Waals surface area contributed by atoms with E-state index in [2.05, 4.69) is 0 Å². The van der Waals surface area contributed by atoms with E-state index in [1.54, 1.807) is 6.92 Å². The number of rotatable bonds is 4. The summed E-state index contributed by atoms with van der Waals surface area (Å²) in [7, 11) is 0. The number of nitrogen functional groups attached to an aromatic ring is 1. The molecule has 0 aliphatic rings. The molecule has 4 heteroatoms. The molecule has 3 nitrogen and oxygen atoms in total. The van der Waals surface area contributed by atoms with Crippen LogP contribution in [0.3, 0.4) is 0 Å². The number of carbonyl (C=O) groups is 1. The van der Waals surface area contributed by atoms with Crippen molar-refractivity contribution in [1.82, 2.24) is 0 Å². The van der Waals surface area contributed by atoms with Crippen LogP contribution < -0.4 is 5.73 Å². The van der Waals surface area contributed by atoms with E-state index in [-0.39, 0.29) is 0 Å². The molecule has 0 radical (unpaired) electrons. The lowest BCUT2D eigenvalue weighted by Gasteiger charge is -2.23. The third kappa shape index (κ3) is 2.70. The Morgan fingerprint density at radius 1 is 1.56 bits per heavy atom. The number of hydrogen-bond donors (Lipinski definition) is 2. The Balaban J connectivity index is 2.99. The van der Waals surface area contributed by atoms with Crippen LogP contribution in [-0.4, -0.2) is 15.8 Å². The Kier molecular flexibility index (Phi) is 3.86. The van der Waals surface area contributed by atoms with Gasteiger partial charge in [-0.15, -0.1) is 11.8 Å². The van der Waals surface area contributed by atoms with Crippen molar-refractivity contribution in [3.05, 3.63) is 23.8 Å². The van der Waals surface area contributed by atoms with Gasteiger partial charge in [0.15, 0.2) is 0 Å². The van der Waals surface area contributed by atoms with E-state index in [1.165, 1.54) is 11.8 Å². The van der Waals surface area contributed by atoms with Gasteiger partial charge < -0.3 is 10.8 Å². The van der Waals surface area contributed by atoms with Gasteiger partial charge in [-0.2, -0.15) is 0 Å². The largest absolute Gasteiger partial charge is 0.480 e. The van der Waals surface area contributed by atoms with E-state index in [4.69, 9.17) is 5.73 Å². The maximum atomic E-state index is 11.2. The van der Waals surface area contributed by atoms with Gasteiger partial charge in [0.2, 0.25) is 0 Å². The van der Waals surface area contributed by atoms with Crippen LogP contribution >= 0.6 is 11.8 Å². The molecule has 0 aromatic heterocycles. The molecule has 1 aromatic rings. The number of anilines is 1. The fraction of sp³-hybridized carbons (Fsp3) is 0.417. The molecule has 16 heavy (non-hydrogen) atoms. The molecular formula is C12H17NO2S. The first kappa shape index (κ1) is 12.9. The highest BCUT2D eigenvalue weighted by molar-refractivity contribution is 8.01. The molecule has 0 aliphatic carbocycles. The first-order chi connectivity index (χ1) is 7.39. The summed E-state index contributed by atoms with van der Waals surface area (Å²) in [5.74, 6) is -0.806. The molecule has 1 unspecified atom stereocenters. The molecule has 3 N–H and O–H groups in total. The molecule has 0 fully saturated rings. The molecule has 1 rings (SSSR count). The maximum absolute atomic E-state index is 11.2. The first-order valence-electron chi connectivity index (χ1n) is 5.17. The summed E-state index contributed by atoms with van der Waals surface area (Å²) >= 11 is 1.31. The number of benzene rings is 1. The molecular weight excluding hydrogens is 222 g/mol. The fourth-order valence-corrected chi connectivity index (χ4v) is 2.30. The zero-order valence-electron chi connectivity index (χ0n) is 9.78. The standard InChI is InChI=1S/C12H17NO2S/c1-4-12(3,11(14)15)16-10-6-5-8(2)7-9(10)13/h5-7H,4,13H2,1-3H3,(H,14,15). The lowest BCUT2D eigenvalue weighted by Crippen LogP contribution is -2.30. The molecule has 88 valence electrons. The highest BCUT2D eigenvalue weighted by Gasteiger charge is 2.32. The first-order valence-corrected chi connectivity index (χ1v) is 5.99. The molecule has 0 aliphatic heterocycles. The summed E-state index contributed by atoms with van der Waals surface area (Å²) in [5, 5.41) is 9.18. The van der Waals surface area contributed by atoms with E-state index in [1.807, 2.05) is 32.0 Å². The number of hydrogen-bond acceptors (Lipinski definition) is 3. The SMILES string of the molecule is CCC(C)(Sc1ccc(C)cc1N)C(=O)O. The van der Waals surface area contributed by atoms with Crippen LogP contribution in [0.2, 0.25) is 0 Å². The topological polar surface area (TPSA) is 63.3 Å². The van der Waals surface area contributed by atoms with Gasteiger partial charge in [0.05, 0.1) is 0 Å². The molecule has 1 aromatic carbocycles. The van der Waals surface area contributed by atoms with Crippen molar-refractivity contribution in [2.75, 3.05) is 5.73 Å². The molecule has 0 heterocycles. The number of aliphatic carboxylic acids is 1. The van der Waals surface area contributed by atoms with Crippen molar-refractivity contribution < 1.29 is 9.90 Å². The Labute approximate surface area is 100 Å². The third-order valence-corrected chi connectivity index (χ3v) is 4.13. The third-order valence-electron chi connectivity index (χ3n) is 2.63. The predicted molar refractivity (Wildman–Crippen MR) is 67.8 cm³/mol. The lowest BCUT2D eigenvalue weighted by molar-refractivity contribution is -0.139. The molecule has 1 atom stereocenters. The van der Waals surface area contributed by atoms with Crippen LogP contribution in [0.15, 0.2) is 23.1 Å². The maximum Gasteiger partial charge on any atom is 0.319 e. The number of carboxylic acids is 1. The number of thioether (sulfide) groups is 1. The quantitative estimate of drug-likeness (QED) is 0.626. The monoisotopic (exact) mass is 239 g/mol. The summed E-state index contributed by atoms with van der Waals surface area (Å²) in [6.07, 6.45) is 0.556. The average molecular weight is 239 g/mol. The zero-order valence-corrected chi connectivity index (χ0v) is 10.6. The van der Waals surface area contributed by atoms with E-state index >= 15 is 0 Å². The van der Waals surface area contributed by atoms with Gasteiger partial charge in [-0.25, -0.2) is 0 Å². The molecule has 0 spiro atoms. The van der Waals surface area contributed by atoms with E-state index in [9.17, 15) is 9.90 Å². The Bertz CT molecular complexity index is 406. The highest BCUT2D eigenvalue weighted by atomic mass is 32.2. The summed E-state index contributed by atoms with van der Waals surface area (Å²) in [4.78, 5) is 12.0. The van der Waals surface area contributed by atoms with Gasteiger partial charge in [0, 0.05) is 10.6 Å². The normalized spacial score (nSPS) is 14.4. The summed E-state index contributed by atoms with van der Waals surface area (Å²) < 4.78 is -0.816. The Morgan fingerprint density at radius 2 is 2.19 bits per heavy atom. The van der Waals surface area contributed by atoms with Crippen LogP contribution in [-0.2, 0) is 4.79 Å². The number of nitrogens with two attached hydrogens (primary N) is 1. The minimum Gasteiger partial charge on any atom is -0.480 e. The van der Waals surface area contributed by atoms with Crippen molar-refractivity contribution in [2.45, 2.75) is 36.8 Å². The van der Waals surface area contributed by atoms with E-state index < -0.39 is 10.7 Å². The van der Waals surface area contributed by atoms with Crippen molar-refractivity contribution in [3.8, 4) is 0 Å².